The van der Waals surface area contributed by atoms with Crippen LogP contribution >= 0.6 is 0 Å². The van der Waals surface area contributed by atoms with Gasteiger partial charge >= 0.3 is 12.1 Å². The second-order valence-electron chi connectivity index (χ2n) is 11.5. The van der Waals surface area contributed by atoms with E-state index in [1.54, 1.807) is 0 Å². The van der Waals surface area contributed by atoms with Gasteiger partial charge in [0.2, 0.25) is 0 Å². The Labute approximate surface area is 334 Å². The summed E-state index contributed by atoms with van der Waals surface area (Å²) < 4.78 is 9.84. The average molecular weight is 803 g/mol. The van der Waals surface area contributed by atoms with E-state index in [4.69, 9.17) is 4.74 Å². The fourth-order valence-electron chi connectivity index (χ4n) is 4.83. The first kappa shape index (κ1) is 43.2. The third kappa shape index (κ3) is 12.0. The maximum atomic E-state index is 13.1. The molecule has 0 aliphatic carbocycles. The molecule has 5 amide bonds. The van der Waals surface area contributed by atoms with Gasteiger partial charge in [0.1, 0.15) is 58.5 Å². The van der Waals surface area contributed by atoms with Crippen LogP contribution in [-0.4, -0.2) is 78.7 Å². The van der Waals surface area contributed by atoms with Crippen LogP contribution in [0.2, 0.25) is 0 Å². The van der Waals surface area contributed by atoms with Crippen molar-refractivity contribution < 1.29 is 49.2 Å². The molecule has 0 unspecified atom stereocenters. The second-order valence-corrected chi connectivity index (χ2v) is 11.5. The smallest absolute Gasteiger partial charge is 0.413 e. The summed E-state index contributed by atoms with van der Waals surface area (Å²) in [5.41, 5.74) is 0.523. The topological polar surface area (TPSA) is 308 Å². The molecule has 0 saturated carbocycles. The molecule has 0 fully saturated rings. The number of methoxy groups -OCH3 is 1. The summed E-state index contributed by atoms with van der Waals surface area (Å²) in [6, 6.07) is 31.1. The Morgan fingerprint density at radius 2 is 0.746 bits per heavy atom. The van der Waals surface area contributed by atoms with Crippen LogP contribution in [0.5, 0.6) is 0 Å². The Bertz CT molecular complexity index is 2490. The van der Waals surface area contributed by atoms with Crippen LogP contribution in [0.4, 0.5) is 33.9 Å². The molecule has 0 atom stereocenters. The molecular formula is C39H34N10O10. The monoisotopic (exact) mass is 802 g/mol. The van der Waals surface area contributed by atoms with Crippen molar-refractivity contribution in [2.24, 2.45) is 0 Å². The molecule has 0 bridgehead atoms. The van der Waals surface area contributed by atoms with Crippen molar-refractivity contribution in [1.82, 2.24) is 24.9 Å². The summed E-state index contributed by atoms with van der Waals surface area (Å²) in [7, 11) is 1.21. The van der Waals surface area contributed by atoms with Gasteiger partial charge in [0.15, 0.2) is 5.69 Å². The normalized spacial score (nSPS) is 9.98. The number of hydrogen-bond donors (Lipinski definition) is 5. The summed E-state index contributed by atoms with van der Waals surface area (Å²) >= 11 is 0. The quantitative estimate of drug-likeness (QED) is 0.111. The predicted molar refractivity (Wildman–Crippen MR) is 212 cm³/mol. The first-order valence-electron chi connectivity index (χ1n) is 16.8. The highest BCUT2D eigenvalue weighted by molar-refractivity contribution is 6.07. The van der Waals surface area contributed by atoms with E-state index in [0.29, 0.717) is 0 Å². The van der Waals surface area contributed by atoms with Crippen LogP contribution in [0.25, 0.3) is 0 Å². The van der Waals surface area contributed by atoms with Gasteiger partial charge in [-0.3, -0.25) is 24.5 Å². The summed E-state index contributed by atoms with van der Waals surface area (Å²) in [6.07, 6.45) is -0.755. The lowest BCUT2D eigenvalue weighted by Crippen LogP contribution is -2.20. The zero-order valence-corrected chi connectivity index (χ0v) is 30.8. The zero-order chi connectivity index (χ0) is 40.1. The number of pyridine rings is 5. The molecule has 59 heavy (non-hydrogen) atoms. The number of benzene rings is 1. The molecule has 0 spiro atoms. The number of amides is 5. The Hall–Kier alpha value is -8.49. The van der Waals surface area contributed by atoms with E-state index in [1.807, 2.05) is 30.3 Å². The number of anilines is 5. The molecule has 0 aliphatic heterocycles. The Morgan fingerprint density at radius 3 is 1.10 bits per heavy atom. The number of nitrogens with zero attached hydrogens (tertiary/aromatic N) is 5. The van der Waals surface area contributed by atoms with Gasteiger partial charge in [-0.2, -0.15) is 0 Å². The third-order valence-corrected chi connectivity index (χ3v) is 7.48. The van der Waals surface area contributed by atoms with Gasteiger partial charge in [-0.25, -0.2) is 34.5 Å². The first-order chi connectivity index (χ1) is 27.6. The van der Waals surface area contributed by atoms with Crippen LogP contribution in [0.15, 0.2) is 121 Å². The number of carbonyl (C=O) groups excluding carboxylic acids is 6. The number of esters is 1. The molecule has 0 aliphatic rings. The molecule has 20 nitrogen and oxygen atoms in total. The van der Waals surface area contributed by atoms with E-state index in [-0.39, 0.29) is 75.1 Å². The minimum atomic E-state index is -0.755. The standard InChI is InChI=1S/C39H30N10O8.2H2O/c1-56-38(54)28-16-9-20-32(44-28)48-36(52)26-14-7-18-30(42-26)46-34(50)24-12-5-17-29(40-24)45-35(51)25-13-6-19-31(41-25)47-37(53)27-15-8-21-33(43-27)49-39(55)57-22-23-10-3-2-4-11-23;;/h2-21H,22H2,1H3,(H,40,45,51)(H,41,47,53)(H,42,46,50)(H,43,49,55)(H,44,48,52);2*1H2. The molecule has 1 aromatic carbocycles. The molecule has 0 radical (unpaired) electrons. The van der Waals surface area contributed by atoms with Gasteiger partial charge in [-0.1, -0.05) is 60.7 Å². The van der Waals surface area contributed by atoms with Crippen LogP contribution < -0.4 is 26.6 Å². The van der Waals surface area contributed by atoms with Crippen molar-refractivity contribution in [2.75, 3.05) is 33.7 Å². The second kappa shape index (κ2) is 20.4. The fraction of sp³-hybridized carbons (Fsp3) is 0.0513. The molecule has 20 heteroatoms. The lowest BCUT2D eigenvalue weighted by Gasteiger charge is -2.10. The van der Waals surface area contributed by atoms with E-state index in [2.05, 4.69) is 56.2 Å². The minimum absolute atomic E-state index is 0. The Morgan fingerprint density at radius 1 is 0.424 bits per heavy atom. The largest absolute Gasteiger partial charge is 0.464 e. The highest BCUT2D eigenvalue weighted by Crippen LogP contribution is 2.15. The van der Waals surface area contributed by atoms with Gasteiger partial charge in [-0.05, 0) is 66.2 Å². The Kier molecular flexibility index (Phi) is 15.0. The summed E-state index contributed by atoms with van der Waals surface area (Å²) in [4.78, 5) is 96.8. The molecule has 0 saturated heterocycles. The van der Waals surface area contributed by atoms with E-state index in [1.165, 1.54) is 98.1 Å². The van der Waals surface area contributed by atoms with Crippen LogP contribution in [0, 0.1) is 0 Å². The molecule has 9 N–H and O–H groups in total. The maximum absolute atomic E-state index is 13.1. The summed E-state index contributed by atoms with van der Waals surface area (Å²) in [5.74, 6) is -3.13. The number of aromatic nitrogens is 5. The summed E-state index contributed by atoms with van der Waals surface area (Å²) in [6.45, 7) is 0.0493. The molecular weight excluding hydrogens is 768 g/mol. The van der Waals surface area contributed by atoms with Crippen LogP contribution in [0.3, 0.4) is 0 Å². The number of rotatable bonds is 12. The lowest BCUT2D eigenvalue weighted by molar-refractivity contribution is 0.0593. The maximum Gasteiger partial charge on any atom is 0.413 e. The van der Waals surface area contributed by atoms with Crippen molar-refractivity contribution >= 4 is 64.8 Å². The van der Waals surface area contributed by atoms with E-state index in [0.717, 1.165) is 5.56 Å². The van der Waals surface area contributed by atoms with Gasteiger partial charge < -0.3 is 41.7 Å². The van der Waals surface area contributed by atoms with Crippen LogP contribution in [-0.2, 0) is 16.1 Å². The van der Waals surface area contributed by atoms with Crippen molar-refractivity contribution in [3.05, 3.63) is 155 Å². The average Bonchev–Trinajstić information content (AvgIpc) is 3.23. The number of ether oxygens (including phenoxy) is 2. The molecule has 6 rings (SSSR count). The van der Waals surface area contributed by atoms with E-state index < -0.39 is 35.7 Å². The highest BCUT2D eigenvalue weighted by Gasteiger charge is 2.17. The van der Waals surface area contributed by atoms with Gasteiger partial charge in [-0.15, -0.1) is 0 Å². The minimum Gasteiger partial charge on any atom is -0.464 e. The highest BCUT2D eigenvalue weighted by atomic mass is 16.5. The zero-order valence-electron chi connectivity index (χ0n) is 30.8. The number of hydrogen-bond acceptors (Lipinski definition) is 13. The third-order valence-electron chi connectivity index (χ3n) is 7.48. The molecule has 5 aromatic heterocycles. The molecule has 5 heterocycles. The van der Waals surface area contributed by atoms with Crippen molar-refractivity contribution in [3.8, 4) is 0 Å². The fourth-order valence-corrected chi connectivity index (χ4v) is 4.83. The lowest BCUT2D eigenvalue weighted by atomic mass is 10.2. The van der Waals surface area contributed by atoms with Crippen molar-refractivity contribution in [1.29, 1.82) is 0 Å². The Balaban J connectivity index is 0.00000384. The SMILES string of the molecule is COC(=O)c1cccc(NC(=O)c2cccc(NC(=O)c3cccc(NC(=O)c4cccc(NC(=O)c5cccc(NC(=O)OCc6ccccc6)n5)n4)n3)n2)n1.O.O. The van der Waals surface area contributed by atoms with Gasteiger partial charge in [0.25, 0.3) is 23.6 Å². The molecule has 300 valence electrons. The van der Waals surface area contributed by atoms with Crippen molar-refractivity contribution in [2.45, 2.75) is 6.61 Å². The van der Waals surface area contributed by atoms with E-state index in [9.17, 15) is 28.8 Å². The number of nitrogens with one attached hydrogen (secondary N) is 5. The van der Waals surface area contributed by atoms with Crippen molar-refractivity contribution in [3.63, 3.8) is 0 Å². The van der Waals surface area contributed by atoms with Gasteiger partial charge in [0, 0.05) is 0 Å². The van der Waals surface area contributed by atoms with Gasteiger partial charge in [0.05, 0.1) is 7.11 Å². The predicted octanol–water partition coefficient (Wildman–Crippen LogP) is 3.56. The van der Waals surface area contributed by atoms with E-state index >= 15 is 0 Å². The summed E-state index contributed by atoms with van der Waals surface area (Å²) in [5, 5.41) is 12.7. The number of carbonyl (C=O) groups is 6. The van der Waals surface area contributed by atoms with Crippen LogP contribution in [0.1, 0.15) is 58.0 Å². The first-order valence-corrected chi connectivity index (χ1v) is 16.8. The molecule has 6 aromatic rings.